The molecule has 0 spiro atoms. The molecule has 16 heavy (non-hydrogen) atoms. The Kier molecular flexibility index (Phi) is 2.61. The van der Waals surface area contributed by atoms with Gasteiger partial charge >= 0.3 is 0 Å². The van der Waals surface area contributed by atoms with Gasteiger partial charge in [-0.2, -0.15) is 0 Å². The van der Waals surface area contributed by atoms with Gasteiger partial charge in [-0.15, -0.1) is 0 Å². The minimum atomic E-state index is -3.93. The number of aromatic amines is 1. The molecule has 2 rings (SSSR count). The van der Waals surface area contributed by atoms with Crippen LogP contribution in [0.2, 0.25) is 0 Å². The molecule has 0 atom stereocenters. The molecule has 0 bridgehead atoms. The SMILES string of the molecule is O=S(=O)(Nc1ncc[nH]1)c1ccccc1F. The lowest BCUT2D eigenvalue weighted by Crippen LogP contribution is -2.15. The highest BCUT2D eigenvalue weighted by Gasteiger charge is 2.19. The van der Waals surface area contributed by atoms with Crippen LogP contribution < -0.4 is 4.72 Å². The molecule has 1 aromatic heterocycles. The Labute approximate surface area is 91.4 Å². The molecule has 5 nitrogen and oxygen atoms in total. The van der Waals surface area contributed by atoms with Gasteiger partial charge in [-0.05, 0) is 12.1 Å². The quantitative estimate of drug-likeness (QED) is 0.851. The zero-order valence-electron chi connectivity index (χ0n) is 8.01. The van der Waals surface area contributed by atoms with E-state index in [9.17, 15) is 12.8 Å². The van der Waals surface area contributed by atoms with E-state index in [1.807, 2.05) is 0 Å². The Bertz CT molecular complexity index is 581. The average Bonchev–Trinajstić information content (AvgIpc) is 2.70. The summed E-state index contributed by atoms with van der Waals surface area (Å²) in [6.07, 6.45) is 2.85. The van der Waals surface area contributed by atoms with E-state index in [2.05, 4.69) is 14.7 Å². The molecule has 1 heterocycles. The van der Waals surface area contributed by atoms with Crippen molar-refractivity contribution >= 4 is 16.0 Å². The summed E-state index contributed by atoms with van der Waals surface area (Å²) < 4.78 is 38.8. The number of aromatic nitrogens is 2. The molecule has 0 amide bonds. The van der Waals surface area contributed by atoms with Gasteiger partial charge < -0.3 is 4.98 Å². The zero-order valence-corrected chi connectivity index (χ0v) is 8.83. The first-order chi connectivity index (χ1) is 7.59. The maximum absolute atomic E-state index is 13.3. The van der Waals surface area contributed by atoms with Gasteiger partial charge in [0.25, 0.3) is 10.0 Å². The smallest absolute Gasteiger partial charge is 0.267 e. The lowest BCUT2D eigenvalue weighted by atomic mass is 10.4. The summed E-state index contributed by atoms with van der Waals surface area (Å²) in [5.41, 5.74) is 0. The van der Waals surface area contributed by atoms with E-state index in [0.29, 0.717) is 0 Å². The van der Waals surface area contributed by atoms with E-state index < -0.39 is 20.7 Å². The monoisotopic (exact) mass is 241 g/mol. The predicted octanol–water partition coefficient (Wildman–Crippen LogP) is 1.35. The number of anilines is 1. The summed E-state index contributed by atoms with van der Waals surface area (Å²) in [4.78, 5) is 5.84. The third-order valence-electron chi connectivity index (χ3n) is 1.86. The fourth-order valence-electron chi connectivity index (χ4n) is 1.17. The molecule has 0 saturated heterocycles. The first kappa shape index (κ1) is 10.6. The Morgan fingerprint density at radius 1 is 1.31 bits per heavy atom. The van der Waals surface area contributed by atoms with Gasteiger partial charge in [-0.1, -0.05) is 12.1 Å². The highest BCUT2D eigenvalue weighted by molar-refractivity contribution is 7.92. The highest BCUT2D eigenvalue weighted by atomic mass is 32.2. The van der Waals surface area contributed by atoms with E-state index >= 15 is 0 Å². The van der Waals surface area contributed by atoms with E-state index in [1.165, 1.54) is 30.6 Å². The molecular weight excluding hydrogens is 233 g/mol. The van der Waals surface area contributed by atoms with Gasteiger partial charge in [0.15, 0.2) is 0 Å². The van der Waals surface area contributed by atoms with Gasteiger partial charge in [0.2, 0.25) is 5.95 Å². The van der Waals surface area contributed by atoms with Crippen LogP contribution in [0.3, 0.4) is 0 Å². The second-order valence-electron chi connectivity index (χ2n) is 2.97. The van der Waals surface area contributed by atoms with Crippen molar-refractivity contribution in [1.29, 1.82) is 0 Å². The van der Waals surface area contributed by atoms with Crippen molar-refractivity contribution in [3.8, 4) is 0 Å². The van der Waals surface area contributed by atoms with Crippen LogP contribution in [-0.2, 0) is 10.0 Å². The minimum absolute atomic E-state index is 0.0447. The fraction of sp³-hybridized carbons (Fsp3) is 0. The Balaban J connectivity index is 2.37. The summed E-state index contributed by atoms with van der Waals surface area (Å²) in [6.45, 7) is 0. The molecule has 0 aliphatic carbocycles. The lowest BCUT2D eigenvalue weighted by molar-refractivity contribution is 0.570. The molecule has 0 aliphatic heterocycles. The average molecular weight is 241 g/mol. The number of hydrogen-bond donors (Lipinski definition) is 2. The Morgan fingerprint density at radius 3 is 2.69 bits per heavy atom. The maximum atomic E-state index is 13.3. The van der Waals surface area contributed by atoms with Crippen molar-refractivity contribution in [1.82, 2.24) is 9.97 Å². The van der Waals surface area contributed by atoms with E-state index in [4.69, 9.17) is 0 Å². The zero-order chi connectivity index (χ0) is 11.6. The Hall–Kier alpha value is -1.89. The van der Waals surface area contributed by atoms with Gasteiger partial charge in [0.05, 0.1) is 0 Å². The molecule has 0 radical (unpaired) electrons. The molecule has 7 heteroatoms. The number of rotatable bonds is 3. The van der Waals surface area contributed by atoms with Crippen LogP contribution in [0, 0.1) is 5.82 Å². The summed E-state index contributed by atoms with van der Waals surface area (Å²) in [5.74, 6) is -0.759. The van der Waals surface area contributed by atoms with Crippen LogP contribution in [0.5, 0.6) is 0 Å². The fourth-order valence-corrected chi connectivity index (χ4v) is 2.22. The molecule has 0 saturated carbocycles. The number of halogens is 1. The van der Waals surface area contributed by atoms with Crippen molar-refractivity contribution in [2.75, 3.05) is 4.72 Å². The molecule has 2 N–H and O–H groups in total. The van der Waals surface area contributed by atoms with Crippen molar-refractivity contribution in [2.24, 2.45) is 0 Å². The van der Waals surface area contributed by atoms with Crippen LogP contribution in [-0.4, -0.2) is 18.4 Å². The van der Waals surface area contributed by atoms with E-state index in [1.54, 1.807) is 0 Å². The first-order valence-corrected chi connectivity index (χ1v) is 5.84. The molecule has 0 fully saturated rings. The standard InChI is InChI=1S/C9H8FN3O2S/c10-7-3-1-2-4-8(7)16(14,15)13-9-11-5-6-12-9/h1-6H,(H2,11,12,13). The van der Waals surface area contributed by atoms with Crippen LogP contribution in [0.4, 0.5) is 10.3 Å². The van der Waals surface area contributed by atoms with Gasteiger partial charge in [-0.3, -0.25) is 0 Å². The van der Waals surface area contributed by atoms with Crippen molar-refractivity contribution in [2.45, 2.75) is 4.90 Å². The topological polar surface area (TPSA) is 74.8 Å². The molecule has 2 aromatic rings. The summed E-state index contributed by atoms with van der Waals surface area (Å²) in [6, 6.07) is 5.12. The normalized spacial score (nSPS) is 11.3. The van der Waals surface area contributed by atoms with Gasteiger partial charge in [0.1, 0.15) is 10.7 Å². The number of benzene rings is 1. The largest absolute Gasteiger partial charge is 0.330 e. The second-order valence-corrected chi connectivity index (χ2v) is 4.62. The number of imidazole rings is 1. The first-order valence-electron chi connectivity index (χ1n) is 4.36. The molecule has 84 valence electrons. The molecule has 1 aromatic carbocycles. The van der Waals surface area contributed by atoms with Crippen LogP contribution in [0.15, 0.2) is 41.6 Å². The second kappa shape index (κ2) is 3.93. The lowest BCUT2D eigenvalue weighted by Gasteiger charge is -2.05. The maximum Gasteiger partial charge on any atom is 0.267 e. The summed E-state index contributed by atoms with van der Waals surface area (Å²) >= 11 is 0. The van der Waals surface area contributed by atoms with Crippen LogP contribution in [0.25, 0.3) is 0 Å². The minimum Gasteiger partial charge on any atom is -0.330 e. The number of hydrogen-bond acceptors (Lipinski definition) is 3. The molecule has 0 unspecified atom stereocenters. The van der Waals surface area contributed by atoms with E-state index in [0.717, 1.165) is 6.07 Å². The van der Waals surface area contributed by atoms with Gasteiger partial charge in [-0.25, -0.2) is 22.5 Å². The highest BCUT2D eigenvalue weighted by Crippen LogP contribution is 2.15. The molecular formula is C9H8FN3O2S. The van der Waals surface area contributed by atoms with Crippen molar-refractivity contribution in [3.63, 3.8) is 0 Å². The van der Waals surface area contributed by atoms with E-state index in [-0.39, 0.29) is 5.95 Å². The summed E-state index contributed by atoms with van der Waals surface area (Å²) in [5, 5.41) is 0. The van der Waals surface area contributed by atoms with Crippen LogP contribution >= 0.6 is 0 Å². The predicted molar refractivity (Wildman–Crippen MR) is 55.8 cm³/mol. The summed E-state index contributed by atoms with van der Waals surface area (Å²) in [7, 11) is -3.93. The van der Waals surface area contributed by atoms with Crippen molar-refractivity contribution in [3.05, 3.63) is 42.5 Å². The Morgan fingerprint density at radius 2 is 2.06 bits per heavy atom. The third-order valence-corrected chi connectivity index (χ3v) is 3.23. The molecule has 0 aliphatic rings. The number of nitrogens with zero attached hydrogens (tertiary/aromatic N) is 1. The van der Waals surface area contributed by atoms with Gasteiger partial charge in [0, 0.05) is 12.4 Å². The van der Waals surface area contributed by atoms with Crippen molar-refractivity contribution < 1.29 is 12.8 Å². The van der Waals surface area contributed by atoms with Crippen LogP contribution in [0.1, 0.15) is 0 Å². The third kappa shape index (κ3) is 2.03. The number of nitrogens with one attached hydrogen (secondary N) is 2. The number of sulfonamides is 1. The number of H-pyrrole nitrogens is 1.